The highest BCUT2D eigenvalue weighted by molar-refractivity contribution is 7.99. The first-order valence-corrected chi connectivity index (χ1v) is 9.74. The summed E-state index contributed by atoms with van der Waals surface area (Å²) >= 11 is 13.0. The third-order valence-electron chi connectivity index (χ3n) is 3.37. The normalized spacial score (nSPS) is 10.5. The second-order valence-electron chi connectivity index (χ2n) is 5.60. The minimum absolute atomic E-state index is 0.0620. The molecule has 2 N–H and O–H groups in total. The Bertz CT molecular complexity index is 1030. The van der Waals surface area contributed by atoms with E-state index in [1.807, 2.05) is 0 Å². The van der Waals surface area contributed by atoms with Gasteiger partial charge in [-0.1, -0.05) is 41.0 Å². The SMILES string of the molecule is CC(=O)Nc1cccc(-c2nnc(SCC(=O)Nc3ccc(Cl)cc3Cl)o2)c1. The maximum Gasteiger partial charge on any atom is 0.277 e. The van der Waals surface area contributed by atoms with E-state index >= 15 is 0 Å². The van der Waals surface area contributed by atoms with Gasteiger partial charge in [-0.3, -0.25) is 9.59 Å². The lowest BCUT2D eigenvalue weighted by molar-refractivity contribution is -0.114. The lowest BCUT2D eigenvalue weighted by Gasteiger charge is -2.06. The predicted molar refractivity (Wildman–Crippen MR) is 110 cm³/mol. The molecule has 2 aromatic carbocycles. The number of carbonyl (C=O) groups excluding carboxylic acids is 2. The molecular weight excluding hydrogens is 423 g/mol. The number of anilines is 2. The van der Waals surface area contributed by atoms with Crippen molar-refractivity contribution in [2.75, 3.05) is 16.4 Å². The number of thioether (sulfide) groups is 1. The van der Waals surface area contributed by atoms with Crippen molar-refractivity contribution in [3.8, 4) is 11.5 Å². The summed E-state index contributed by atoms with van der Waals surface area (Å²) in [5.41, 5.74) is 1.75. The van der Waals surface area contributed by atoms with Gasteiger partial charge in [0.25, 0.3) is 5.22 Å². The Balaban J connectivity index is 1.60. The zero-order chi connectivity index (χ0) is 20.1. The molecule has 0 aliphatic rings. The molecule has 3 rings (SSSR count). The standard InChI is InChI=1S/C18H14Cl2N4O3S/c1-10(25)21-13-4-2-3-11(7-13)17-23-24-18(27-17)28-9-16(26)22-15-6-5-12(19)8-14(15)20/h2-8H,9H2,1H3,(H,21,25)(H,22,26). The van der Waals surface area contributed by atoms with Gasteiger partial charge < -0.3 is 15.1 Å². The van der Waals surface area contributed by atoms with Crippen LogP contribution >= 0.6 is 35.0 Å². The number of hydrogen-bond acceptors (Lipinski definition) is 6. The monoisotopic (exact) mass is 436 g/mol. The van der Waals surface area contributed by atoms with Gasteiger partial charge >= 0.3 is 0 Å². The van der Waals surface area contributed by atoms with E-state index in [4.69, 9.17) is 27.6 Å². The first-order chi connectivity index (χ1) is 13.4. The molecule has 0 atom stereocenters. The number of benzene rings is 2. The molecule has 1 aromatic heterocycles. The van der Waals surface area contributed by atoms with Crippen LogP contribution in [0.3, 0.4) is 0 Å². The predicted octanol–water partition coefficient (Wildman–Crippen LogP) is 4.73. The summed E-state index contributed by atoms with van der Waals surface area (Å²) in [5.74, 6) is -0.102. The number of nitrogens with zero attached hydrogens (tertiary/aromatic N) is 2. The molecule has 0 fully saturated rings. The van der Waals surface area contributed by atoms with Gasteiger partial charge in [-0.15, -0.1) is 10.2 Å². The molecule has 2 amide bonds. The van der Waals surface area contributed by atoms with Crippen LogP contribution in [0.25, 0.3) is 11.5 Å². The summed E-state index contributed by atoms with van der Waals surface area (Å²) in [5, 5.41) is 14.4. The quantitative estimate of drug-likeness (QED) is 0.541. The fraction of sp³-hybridized carbons (Fsp3) is 0.111. The summed E-state index contributed by atoms with van der Waals surface area (Å²) in [4.78, 5) is 23.3. The lowest BCUT2D eigenvalue weighted by atomic mass is 10.2. The van der Waals surface area contributed by atoms with Gasteiger partial charge in [0, 0.05) is 23.2 Å². The Labute approximate surface area is 174 Å². The third kappa shape index (κ3) is 5.48. The van der Waals surface area contributed by atoms with Crippen LogP contribution in [0.1, 0.15) is 6.92 Å². The maximum absolute atomic E-state index is 12.1. The number of carbonyl (C=O) groups is 2. The van der Waals surface area contributed by atoms with E-state index < -0.39 is 0 Å². The maximum atomic E-state index is 12.1. The molecule has 7 nitrogen and oxygen atoms in total. The largest absolute Gasteiger partial charge is 0.411 e. The molecular formula is C18H14Cl2N4O3S. The molecule has 0 bridgehead atoms. The first kappa shape index (κ1) is 20.2. The van der Waals surface area contributed by atoms with Gasteiger partial charge in [-0.2, -0.15) is 0 Å². The van der Waals surface area contributed by atoms with Gasteiger partial charge in [0.15, 0.2) is 0 Å². The highest BCUT2D eigenvalue weighted by Gasteiger charge is 2.13. The number of rotatable bonds is 6. The minimum Gasteiger partial charge on any atom is -0.411 e. The number of hydrogen-bond donors (Lipinski definition) is 2. The number of amides is 2. The minimum atomic E-state index is -0.276. The van der Waals surface area contributed by atoms with Crippen molar-refractivity contribution in [3.63, 3.8) is 0 Å². The highest BCUT2D eigenvalue weighted by atomic mass is 35.5. The summed E-state index contributed by atoms with van der Waals surface area (Å²) < 4.78 is 5.57. The van der Waals surface area contributed by atoms with Crippen molar-refractivity contribution in [1.29, 1.82) is 0 Å². The van der Waals surface area contributed by atoms with E-state index in [-0.39, 0.29) is 28.7 Å². The van der Waals surface area contributed by atoms with E-state index in [9.17, 15) is 9.59 Å². The fourth-order valence-electron chi connectivity index (χ4n) is 2.22. The Kier molecular flexibility index (Phi) is 6.56. The third-order valence-corrected chi connectivity index (χ3v) is 4.73. The van der Waals surface area contributed by atoms with Crippen LogP contribution < -0.4 is 10.6 Å². The lowest BCUT2D eigenvalue weighted by Crippen LogP contribution is -2.14. The Hall–Kier alpha value is -2.55. The molecule has 0 radical (unpaired) electrons. The molecule has 0 unspecified atom stereocenters. The summed E-state index contributed by atoms with van der Waals surface area (Å²) in [6, 6.07) is 11.8. The Morgan fingerprint density at radius 1 is 1.11 bits per heavy atom. The molecule has 1 heterocycles. The molecule has 0 saturated carbocycles. The van der Waals surface area contributed by atoms with Gasteiger partial charge in [-0.05, 0) is 36.4 Å². The topological polar surface area (TPSA) is 97.1 Å². The molecule has 0 saturated heterocycles. The van der Waals surface area contributed by atoms with Crippen molar-refractivity contribution in [2.45, 2.75) is 12.1 Å². The van der Waals surface area contributed by atoms with E-state index in [0.717, 1.165) is 11.8 Å². The second-order valence-corrected chi connectivity index (χ2v) is 7.37. The summed E-state index contributed by atoms with van der Waals surface area (Å²) in [6.45, 7) is 1.43. The fourth-order valence-corrected chi connectivity index (χ4v) is 3.24. The molecule has 0 aliphatic heterocycles. The van der Waals surface area contributed by atoms with Gasteiger partial charge in [0.1, 0.15) is 0 Å². The summed E-state index contributed by atoms with van der Waals surface area (Å²) in [7, 11) is 0. The van der Waals surface area contributed by atoms with Crippen LogP contribution in [-0.4, -0.2) is 27.8 Å². The highest BCUT2D eigenvalue weighted by Crippen LogP contribution is 2.27. The van der Waals surface area contributed by atoms with Crippen molar-refractivity contribution in [3.05, 3.63) is 52.5 Å². The van der Waals surface area contributed by atoms with Crippen molar-refractivity contribution in [2.24, 2.45) is 0 Å². The van der Waals surface area contributed by atoms with Crippen molar-refractivity contribution < 1.29 is 14.0 Å². The van der Waals surface area contributed by atoms with E-state index in [1.165, 1.54) is 6.92 Å². The number of halogens is 2. The summed E-state index contributed by atoms with van der Waals surface area (Å²) in [6.07, 6.45) is 0. The van der Waals surface area contributed by atoms with E-state index in [2.05, 4.69) is 20.8 Å². The van der Waals surface area contributed by atoms with Gasteiger partial charge in [0.05, 0.1) is 16.5 Å². The average Bonchev–Trinajstić information content (AvgIpc) is 3.11. The molecule has 144 valence electrons. The Morgan fingerprint density at radius 2 is 1.93 bits per heavy atom. The van der Waals surface area contributed by atoms with Crippen LogP contribution in [0.15, 0.2) is 52.1 Å². The van der Waals surface area contributed by atoms with E-state index in [1.54, 1.807) is 42.5 Å². The zero-order valence-corrected chi connectivity index (χ0v) is 16.9. The molecule has 3 aromatic rings. The van der Waals surface area contributed by atoms with E-state index in [0.29, 0.717) is 27.0 Å². The van der Waals surface area contributed by atoms with Crippen LogP contribution in [0.5, 0.6) is 0 Å². The van der Waals surface area contributed by atoms with Gasteiger partial charge in [-0.25, -0.2) is 0 Å². The number of nitrogens with one attached hydrogen (secondary N) is 2. The molecule has 0 aliphatic carbocycles. The average molecular weight is 437 g/mol. The smallest absolute Gasteiger partial charge is 0.277 e. The molecule has 10 heteroatoms. The van der Waals surface area contributed by atoms with Crippen LogP contribution in [-0.2, 0) is 9.59 Å². The van der Waals surface area contributed by atoms with Crippen LogP contribution in [0.2, 0.25) is 10.0 Å². The first-order valence-electron chi connectivity index (χ1n) is 8.00. The van der Waals surface area contributed by atoms with Gasteiger partial charge in [0.2, 0.25) is 17.7 Å². The number of aromatic nitrogens is 2. The van der Waals surface area contributed by atoms with Crippen molar-refractivity contribution in [1.82, 2.24) is 10.2 Å². The Morgan fingerprint density at radius 3 is 2.68 bits per heavy atom. The van der Waals surface area contributed by atoms with Crippen LogP contribution in [0, 0.1) is 0 Å². The second kappa shape index (κ2) is 9.09. The zero-order valence-electron chi connectivity index (χ0n) is 14.5. The van der Waals surface area contributed by atoms with Crippen molar-refractivity contribution >= 4 is 58.2 Å². The molecule has 0 spiro atoms. The van der Waals surface area contributed by atoms with Crippen LogP contribution in [0.4, 0.5) is 11.4 Å². The molecule has 28 heavy (non-hydrogen) atoms.